The van der Waals surface area contributed by atoms with Crippen molar-refractivity contribution in [1.82, 2.24) is 0 Å². The Kier molecular flexibility index (Phi) is 5.28. The quantitative estimate of drug-likeness (QED) is 0.535. The highest BCUT2D eigenvalue weighted by Crippen LogP contribution is 2.40. The van der Waals surface area contributed by atoms with Gasteiger partial charge in [0.15, 0.2) is 16.4 Å². The Morgan fingerprint density at radius 1 is 0.853 bits per heavy atom. The summed E-state index contributed by atoms with van der Waals surface area (Å²) < 4.78 is 93.3. The van der Waals surface area contributed by atoms with Crippen LogP contribution in [0.4, 0.5) is 14.5 Å². The van der Waals surface area contributed by atoms with Crippen molar-refractivity contribution in [3.63, 3.8) is 0 Å². The molecule has 0 saturated heterocycles. The number of ether oxygens (including phenoxy) is 2. The summed E-state index contributed by atoms with van der Waals surface area (Å²) in [5.74, 6) is -1.61. The lowest BCUT2D eigenvalue weighted by atomic mass is 10.1. The molecule has 2 aliphatic rings. The van der Waals surface area contributed by atoms with E-state index in [1.54, 1.807) is 6.92 Å². The highest BCUT2D eigenvalue weighted by atomic mass is 32.2. The molecule has 0 fully saturated rings. The van der Waals surface area contributed by atoms with Gasteiger partial charge in [-0.05, 0) is 61.4 Å². The van der Waals surface area contributed by atoms with Crippen LogP contribution in [0.2, 0.25) is 0 Å². The number of sulfone groups is 1. The van der Waals surface area contributed by atoms with Gasteiger partial charge in [-0.25, -0.2) is 25.6 Å². The van der Waals surface area contributed by atoms with Crippen LogP contribution in [0.25, 0.3) is 0 Å². The normalized spacial score (nSPS) is 17.5. The first-order valence-electron chi connectivity index (χ1n) is 10.4. The first-order chi connectivity index (χ1) is 16.1. The largest absolute Gasteiger partial charge is 0.486 e. The minimum atomic E-state index is -4.57. The van der Waals surface area contributed by atoms with E-state index in [1.165, 1.54) is 36.4 Å². The summed E-state index contributed by atoms with van der Waals surface area (Å²) in [6, 6.07) is 10.5. The van der Waals surface area contributed by atoms with E-state index in [-0.39, 0.29) is 21.9 Å². The standard InChI is InChI=1S/C23H19F2NO6S2/c1-14-11-15-12-16(33(27,28)17-6-8-21-22(13-17)32-10-9-31-21)5-7-20(15)26(14)34(29,30)23-18(24)3-2-4-19(23)25/h2-8,12-14H,9-11H2,1H3. The maximum absolute atomic E-state index is 14.3. The summed E-state index contributed by atoms with van der Waals surface area (Å²) in [5, 5.41) is 0. The van der Waals surface area contributed by atoms with E-state index in [0.29, 0.717) is 30.3 Å². The first-order valence-corrected chi connectivity index (χ1v) is 13.3. The predicted octanol–water partition coefficient (Wildman–Crippen LogP) is 3.71. The molecule has 7 nitrogen and oxygen atoms in total. The zero-order chi connectivity index (χ0) is 24.3. The van der Waals surface area contributed by atoms with Crippen LogP contribution in [-0.4, -0.2) is 36.1 Å². The van der Waals surface area contributed by atoms with Gasteiger partial charge < -0.3 is 9.47 Å². The van der Waals surface area contributed by atoms with Crippen molar-refractivity contribution in [2.45, 2.75) is 34.1 Å². The molecule has 34 heavy (non-hydrogen) atoms. The van der Waals surface area contributed by atoms with E-state index in [1.807, 2.05) is 0 Å². The van der Waals surface area contributed by atoms with Gasteiger partial charge in [-0.3, -0.25) is 4.31 Å². The van der Waals surface area contributed by atoms with Gasteiger partial charge in [-0.15, -0.1) is 0 Å². The molecule has 0 aromatic heterocycles. The van der Waals surface area contributed by atoms with Gasteiger partial charge in [0.1, 0.15) is 24.8 Å². The van der Waals surface area contributed by atoms with Crippen LogP contribution in [0.5, 0.6) is 11.5 Å². The van der Waals surface area contributed by atoms with E-state index in [2.05, 4.69) is 0 Å². The van der Waals surface area contributed by atoms with Crippen molar-refractivity contribution in [3.8, 4) is 11.5 Å². The molecule has 2 heterocycles. The maximum Gasteiger partial charge on any atom is 0.270 e. The van der Waals surface area contributed by atoms with E-state index in [9.17, 15) is 25.6 Å². The number of halogens is 2. The minimum Gasteiger partial charge on any atom is -0.486 e. The number of hydrogen-bond donors (Lipinski definition) is 0. The number of hydrogen-bond acceptors (Lipinski definition) is 6. The highest BCUT2D eigenvalue weighted by molar-refractivity contribution is 7.93. The van der Waals surface area contributed by atoms with Gasteiger partial charge >= 0.3 is 0 Å². The van der Waals surface area contributed by atoms with Gasteiger partial charge in [-0.1, -0.05) is 6.07 Å². The fourth-order valence-electron chi connectivity index (χ4n) is 4.27. The predicted molar refractivity (Wildman–Crippen MR) is 119 cm³/mol. The van der Waals surface area contributed by atoms with E-state index >= 15 is 0 Å². The molecule has 2 aliphatic heterocycles. The summed E-state index contributed by atoms with van der Waals surface area (Å²) in [7, 11) is -8.52. The summed E-state index contributed by atoms with van der Waals surface area (Å²) in [5.41, 5.74) is 0.614. The smallest absolute Gasteiger partial charge is 0.270 e. The third kappa shape index (κ3) is 3.50. The summed E-state index contributed by atoms with van der Waals surface area (Å²) in [6.07, 6.45) is 0.176. The van der Waals surface area contributed by atoms with Crippen LogP contribution in [0, 0.1) is 11.6 Å². The Labute approximate surface area is 195 Å². The molecule has 0 spiro atoms. The number of nitrogens with zero attached hydrogens (tertiary/aromatic N) is 1. The van der Waals surface area contributed by atoms with E-state index < -0.39 is 42.4 Å². The van der Waals surface area contributed by atoms with Crippen LogP contribution in [0.15, 0.2) is 69.3 Å². The Hall–Kier alpha value is -3.18. The molecule has 0 N–H and O–H groups in total. The van der Waals surface area contributed by atoms with Crippen molar-refractivity contribution in [2.75, 3.05) is 17.5 Å². The van der Waals surface area contributed by atoms with Crippen LogP contribution in [-0.2, 0) is 26.3 Å². The molecule has 0 aliphatic carbocycles. The van der Waals surface area contributed by atoms with E-state index in [4.69, 9.17) is 9.47 Å². The van der Waals surface area contributed by atoms with Crippen molar-refractivity contribution in [1.29, 1.82) is 0 Å². The number of sulfonamides is 1. The summed E-state index contributed by atoms with van der Waals surface area (Å²) >= 11 is 0. The van der Waals surface area contributed by atoms with Crippen LogP contribution in [0.3, 0.4) is 0 Å². The topological polar surface area (TPSA) is 90.0 Å². The van der Waals surface area contributed by atoms with Gasteiger partial charge in [0.2, 0.25) is 9.84 Å². The van der Waals surface area contributed by atoms with Crippen molar-refractivity contribution in [3.05, 3.63) is 71.8 Å². The zero-order valence-electron chi connectivity index (χ0n) is 17.9. The third-order valence-corrected chi connectivity index (χ3v) is 9.50. The average molecular weight is 508 g/mol. The SMILES string of the molecule is CC1Cc2cc(S(=O)(=O)c3ccc4c(c3)OCCO4)ccc2N1S(=O)(=O)c1c(F)cccc1F. The Morgan fingerprint density at radius 3 is 2.18 bits per heavy atom. The number of fused-ring (bicyclic) bond motifs is 2. The minimum absolute atomic E-state index is 0.000603. The molecular weight excluding hydrogens is 488 g/mol. The Morgan fingerprint density at radius 2 is 1.47 bits per heavy atom. The second kappa shape index (κ2) is 7.95. The molecule has 1 unspecified atom stereocenters. The van der Waals surface area contributed by atoms with Gasteiger partial charge in [-0.2, -0.15) is 0 Å². The lowest BCUT2D eigenvalue weighted by Gasteiger charge is -2.25. The summed E-state index contributed by atoms with van der Waals surface area (Å²) in [6.45, 7) is 2.27. The molecule has 11 heteroatoms. The lowest BCUT2D eigenvalue weighted by molar-refractivity contribution is 0.171. The number of benzene rings is 3. The zero-order valence-corrected chi connectivity index (χ0v) is 19.5. The van der Waals surface area contributed by atoms with E-state index in [0.717, 1.165) is 22.5 Å². The molecule has 3 aromatic carbocycles. The highest BCUT2D eigenvalue weighted by Gasteiger charge is 2.39. The summed E-state index contributed by atoms with van der Waals surface area (Å²) in [4.78, 5) is -1.07. The molecule has 3 aromatic rings. The van der Waals surface area contributed by atoms with Gasteiger partial charge in [0.05, 0.1) is 15.5 Å². The molecule has 178 valence electrons. The van der Waals surface area contributed by atoms with Gasteiger partial charge in [0.25, 0.3) is 10.0 Å². The Balaban J connectivity index is 1.55. The average Bonchev–Trinajstić information content (AvgIpc) is 3.14. The molecule has 0 bridgehead atoms. The molecule has 0 saturated carbocycles. The molecule has 5 rings (SSSR count). The molecule has 0 amide bonds. The van der Waals surface area contributed by atoms with Gasteiger partial charge in [0, 0.05) is 12.1 Å². The van der Waals surface area contributed by atoms with Crippen molar-refractivity contribution < 1.29 is 35.1 Å². The second-order valence-electron chi connectivity index (χ2n) is 8.00. The van der Waals surface area contributed by atoms with Crippen LogP contribution < -0.4 is 13.8 Å². The Bertz CT molecular complexity index is 1500. The second-order valence-corrected chi connectivity index (χ2v) is 11.7. The maximum atomic E-state index is 14.3. The fourth-order valence-corrected chi connectivity index (χ4v) is 7.40. The molecule has 1 atom stereocenters. The third-order valence-electron chi connectivity index (χ3n) is 5.77. The fraction of sp³-hybridized carbons (Fsp3) is 0.217. The number of rotatable bonds is 4. The number of anilines is 1. The lowest BCUT2D eigenvalue weighted by Crippen LogP contribution is -2.36. The molecule has 0 radical (unpaired) electrons. The van der Waals surface area contributed by atoms with Crippen LogP contribution in [0.1, 0.15) is 12.5 Å². The molecular formula is C23H19F2NO6S2. The van der Waals surface area contributed by atoms with Crippen molar-refractivity contribution >= 4 is 25.5 Å². The van der Waals surface area contributed by atoms with Crippen LogP contribution >= 0.6 is 0 Å². The van der Waals surface area contributed by atoms with Crippen molar-refractivity contribution in [2.24, 2.45) is 0 Å². The monoisotopic (exact) mass is 507 g/mol. The first kappa shape index (κ1) is 22.6.